The van der Waals surface area contributed by atoms with Gasteiger partial charge in [0.2, 0.25) is 0 Å². The predicted molar refractivity (Wildman–Crippen MR) is 152 cm³/mol. The highest BCUT2D eigenvalue weighted by Crippen LogP contribution is 2.14. The van der Waals surface area contributed by atoms with Gasteiger partial charge in [0.25, 0.3) is 0 Å². The molecule has 0 radical (unpaired) electrons. The molecule has 0 bridgehead atoms. The highest BCUT2D eigenvalue weighted by molar-refractivity contribution is 7.80. The molecule has 0 N–H and O–H groups in total. The van der Waals surface area contributed by atoms with Gasteiger partial charge in [0.15, 0.2) is 0 Å². The summed E-state index contributed by atoms with van der Waals surface area (Å²) in [5, 5.41) is 0. The second kappa shape index (κ2) is 27.9. The lowest BCUT2D eigenvalue weighted by Crippen LogP contribution is -2.26. The van der Waals surface area contributed by atoms with Crippen LogP contribution in [-0.4, -0.2) is 30.4 Å². The number of ether oxygens (including phenoxy) is 2. The summed E-state index contributed by atoms with van der Waals surface area (Å²) >= 11 is 4.25. The molecule has 0 saturated carbocycles. The normalized spacial score (nSPS) is 12.0. The Morgan fingerprint density at radius 1 is 0.543 bits per heavy atom. The molecule has 1 atom stereocenters. The molecule has 4 nitrogen and oxygen atoms in total. The van der Waals surface area contributed by atoms with Crippen LogP contribution in [0.2, 0.25) is 0 Å². The van der Waals surface area contributed by atoms with Crippen molar-refractivity contribution in [1.29, 1.82) is 0 Å². The Balaban J connectivity index is 3.56. The Kier molecular flexibility index (Phi) is 27.3. The van der Waals surface area contributed by atoms with Crippen LogP contribution in [0.3, 0.4) is 0 Å². The Hall–Kier alpha value is -0.710. The van der Waals surface area contributed by atoms with Crippen LogP contribution in [0.4, 0.5) is 0 Å². The highest BCUT2D eigenvalue weighted by Gasteiger charge is 2.15. The van der Waals surface area contributed by atoms with E-state index in [0.717, 1.165) is 25.7 Å². The largest absolute Gasteiger partial charge is 0.462 e. The lowest BCUT2D eigenvalue weighted by atomic mass is 10.0. The number of thiol groups is 1. The number of esters is 2. The van der Waals surface area contributed by atoms with Gasteiger partial charge in [0, 0.05) is 18.6 Å². The smallest absolute Gasteiger partial charge is 0.306 e. The minimum absolute atomic E-state index is 0.115. The van der Waals surface area contributed by atoms with Crippen molar-refractivity contribution in [2.75, 3.05) is 12.4 Å². The molecule has 0 aliphatic rings. The van der Waals surface area contributed by atoms with Crippen LogP contribution < -0.4 is 0 Å². The fourth-order valence-corrected chi connectivity index (χ4v) is 4.50. The zero-order chi connectivity index (χ0) is 25.8. The molecule has 5 heteroatoms. The van der Waals surface area contributed by atoms with E-state index in [4.69, 9.17) is 9.47 Å². The van der Waals surface area contributed by atoms with Gasteiger partial charge in [-0.05, 0) is 12.8 Å². The number of carbonyl (C=O) groups is 2. The van der Waals surface area contributed by atoms with E-state index in [-0.39, 0.29) is 18.5 Å². The van der Waals surface area contributed by atoms with Gasteiger partial charge >= 0.3 is 11.9 Å². The maximum atomic E-state index is 12.1. The summed E-state index contributed by atoms with van der Waals surface area (Å²) in [5.74, 6) is -0.0309. The maximum Gasteiger partial charge on any atom is 0.306 e. The van der Waals surface area contributed by atoms with Crippen molar-refractivity contribution in [1.82, 2.24) is 0 Å². The van der Waals surface area contributed by atoms with Crippen LogP contribution in [0.1, 0.15) is 162 Å². The predicted octanol–water partition coefficient (Wildman–Crippen LogP) is 9.38. The van der Waals surface area contributed by atoms with Gasteiger partial charge in [-0.1, -0.05) is 136 Å². The standard InChI is InChI=1S/C30H58O4S/c1-3-5-7-9-11-13-14-15-16-17-19-21-23-25-30(32)34-28(27-35)26-33-29(31)24-22-20-18-12-10-8-6-4-2/h28,35H,3-27H2,1-2H3/t28-/m1/s1. The first-order chi connectivity index (χ1) is 17.1. The van der Waals surface area contributed by atoms with E-state index in [0.29, 0.717) is 18.6 Å². The van der Waals surface area contributed by atoms with Crippen molar-refractivity contribution >= 4 is 24.6 Å². The molecule has 0 unspecified atom stereocenters. The molecule has 0 rings (SSSR count). The van der Waals surface area contributed by atoms with E-state index in [1.807, 2.05) is 0 Å². The first kappa shape index (κ1) is 34.3. The Bertz CT molecular complexity index is 469. The van der Waals surface area contributed by atoms with Crippen LogP contribution in [0, 0.1) is 0 Å². The molecular weight excluding hydrogens is 456 g/mol. The highest BCUT2D eigenvalue weighted by atomic mass is 32.1. The third-order valence-electron chi connectivity index (χ3n) is 6.65. The van der Waals surface area contributed by atoms with Crippen molar-refractivity contribution in [3.05, 3.63) is 0 Å². The van der Waals surface area contributed by atoms with Crippen molar-refractivity contribution in [2.24, 2.45) is 0 Å². The minimum atomic E-state index is -0.449. The zero-order valence-corrected chi connectivity index (χ0v) is 24.2. The maximum absolute atomic E-state index is 12.1. The van der Waals surface area contributed by atoms with Gasteiger partial charge in [0.05, 0.1) is 0 Å². The lowest BCUT2D eigenvalue weighted by Gasteiger charge is -2.16. The Morgan fingerprint density at radius 2 is 0.886 bits per heavy atom. The van der Waals surface area contributed by atoms with Crippen LogP contribution in [0.25, 0.3) is 0 Å². The molecule has 208 valence electrons. The molecule has 0 aliphatic heterocycles. The SMILES string of the molecule is CCCCCCCCCCCCCCCC(=O)O[C@@H](CS)COC(=O)CCCCCCCCCC. The first-order valence-corrected chi connectivity index (χ1v) is 15.7. The van der Waals surface area contributed by atoms with E-state index < -0.39 is 6.10 Å². The van der Waals surface area contributed by atoms with E-state index in [1.165, 1.54) is 109 Å². The molecule has 0 aromatic heterocycles. The van der Waals surface area contributed by atoms with Gasteiger partial charge in [0.1, 0.15) is 12.7 Å². The summed E-state index contributed by atoms with van der Waals surface area (Å²) in [6, 6.07) is 0. The van der Waals surface area contributed by atoms with Crippen LogP contribution in [0.15, 0.2) is 0 Å². The van der Waals surface area contributed by atoms with E-state index in [9.17, 15) is 9.59 Å². The van der Waals surface area contributed by atoms with E-state index >= 15 is 0 Å². The van der Waals surface area contributed by atoms with Gasteiger partial charge < -0.3 is 9.47 Å². The van der Waals surface area contributed by atoms with Crippen LogP contribution >= 0.6 is 12.6 Å². The second-order valence-electron chi connectivity index (χ2n) is 10.2. The van der Waals surface area contributed by atoms with E-state index in [1.54, 1.807) is 0 Å². The molecule has 0 spiro atoms. The first-order valence-electron chi connectivity index (χ1n) is 15.1. The van der Waals surface area contributed by atoms with Crippen LogP contribution in [-0.2, 0) is 19.1 Å². The summed E-state index contributed by atoms with van der Waals surface area (Å²) in [6.45, 7) is 4.61. The third-order valence-corrected chi connectivity index (χ3v) is 7.06. The number of carbonyl (C=O) groups excluding carboxylic acids is 2. The third kappa shape index (κ3) is 26.2. The summed E-state index contributed by atoms with van der Waals surface area (Å²) in [4.78, 5) is 24.0. The molecule has 0 aromatic carbocycles. The summed E-state index contributed by atoms with van der Waals surface area (Å²) in [7, 11) is 0. The number of hydrogen-bond donors (Lipinski definition) is 1. The summed E-state index contributed by atoms with van der Waals surface area (Å²) in [6.07, 6.45) is 26.8. The molecule has 0 aliphatic carbocycles. The fourth-order valence-electron chi connectivity index (χ4n) is 4.32. The van der Waals surface area contributed by atoms with Crippen molar-refractivity contribution in [3.8, 4) is 0 Å². The monoisotopic (exact) mass is 514 g/mol. The zero-order valence-electron chi connectivity index (χ0n) is 23.3. The molecule has 0 saturated heterocycles. The van der Waals surface area contributed by atoms with Crippen molar-refractivity contribution < 1.29 is 19.1 Å². The number of rotatable bonds is 27. The van der Waals surface area contributed by atoms with Gasteiger partial charge in [-0.3, -0.25) is 9.59 Å². The summed E-state index contributed by atoms with van der Waals surface area (Å²) in [5.41, 5.74) is 0. The topological polar surface area (TPSA) is 52.6 Å². The minimum Gasteiger partial charge on any atom is -0.462 e. The molecular formula is C30H58O4S. The molecule has 0 aromatic rings. The van der Waals surface area contributed by atoms with Crippen molar-refractivity contribution in [2.45, 2.75) is 168 Å². The van der Waals surface area contributed by atoms with Crippen molar-refractivity contribution in [3.63, 3.8) is 0 Å². The average Bonchev–Trinajstić information content (AvgIpc) is 2.86. The van der Waals surface area contributed by atoms with Crippen LogP contribution in [0.5, 0.6) is 0 Å². The molecule has 0 fully saturated rings. The lowest BCUT2D eigenvalue weighted by molar-refractivity contribution is -0.157. The van der Waals surface area contributed by atoms with Gasteiger partial charge in [-0.25, -0.2) is 0 Å². The fraction of sp³-hybridized carbons (Fsp3) is 0.933. The molecule has 0 amide bonds. The number of unbranched alkanes of at least 4 members (excludes halogenated alkanes) is 19. The second-order valence-corrected chi connectivity index (χ2v) is 10.6. The number of hydrogen-bond acceptors (Lipinski definition) is 5. The summed E-state index contributed by atoms with van der Waals surface area (Å²) < 4.78 is 10.8. The van der Waals surface area contributed by atoms with Gasteiger partial charge in [-0.15, -0.1) is 0 Å². The Morgan fingerprint density at radius 3 is 1.26 bits per heavy atom. The Labute approximate surface area is 223 Å². The molecule has 35 heavy (non-hydrogen) atoms. The van der Waals surface area contributed by atoms with Gasteiger partial charge in [-0.2, -0.15) is 12.6 Å². The average molecular weight is 515 g/mol. The van der Waals surface area contributed by atoms with E-state index in [2.05, 4.69) is 26.5 Å². The molecule has 0 heterocycles. The quantitative estimate of drug-likeness (QED) is 0.0674.